The molecule has 2 aromatic rings. The highest BCUT2D eigenvalue weighted by Crippen LogP contribution is 2.54. The summed E-state index contributed by atoms with van der Waals surface area (Å²) in [4.78, 5) is 48.0. The summed E-state index contributed by atoms with van der Waals surface area (Å²) in [5, 5.41) is 9.44. The Morgan fingerprint density at radius 3 is 2.19 bits per heavy atom. The van der Waals surface area contributed by atoms with Crippen LogP contribution >= 0.6 is 0 Å². The van der Waals surface area contributed by atoms with E-state index >= 15 is 0 Å². The molecule has 5 atom stereocenters. The SMILES string of the molecule is CCOc1ccc(N2CC=C[C@H]3O[C@]45C=CCN(c6ccc(OC)cc6)C(=O)C4N(CCCCO)C(=O)[C@@H]5[C@H]3C2=O)cc1. The van der Waals surface area contributed by atoms with Crippen molar-refractivity contribution in [1.82, 2.24) is 4.90 Å². The van der Waals surface area contributed by atoms with Crippen LogP contribution in [-0.4, -0.2) is 85.4 Å². The third kappa shape index (κ3) is 4.88. The first-order chi connectivity index (χ1) is 20.9. The largest absolute Gasteiger partial charge is 0.497 e. The molecule has 0 bridgehead atoms. The van der Waals surface area contributed by atoms with Crippen LogP contribution in [0.2, 0.25) is 0 Å². The monoisotopic (exact) mass is 587 g/mol. The van der Waals surface area contributed by atoms with Crippen molar-refractivity contribution in [3.8, 4) is 11.5 Å². The molecular weight excluding hydrogens is 550 g/mol. The van der Waals surface area contributed by atoms with Crippen LogP contribution < -0.4 is 19.3 Å². The van der Waals surface area contributed by atoms with E-state index < -0.39 is 29.6 Å². The number of ether oxygens (including phenoxy) is 3. The Balaban J connectivity index is 1.38. The van der Waals surface area contributed by atoms with Crippen molar-refractivity contribution in [3.63, 3.8) is 0 Å². The molecule has 4 aliphatic heterocycles. The fourth-order valence-corrected chi connectivity index (χ4v) is 6.89. The third-order valence-electron chi connectivity index (χ3n) is 8.81. The van der Waals surface area contributed by atoms with E-state index in [0.29, 0.717) is 48.9 Å². The second-order valence-corrected chi connectivity index (χ2v) is 11.2. The quantitative estimate of drug-likeness (QED) is 0.355. The highest BCUT2D eigenvalue weighted by molar-refractivity contribution is 6.07. The molecule has 0 radical (unpaired) electrons. The molecule has 4 aliphatic rings. The van der Waals surface area contributed by atoms with Gasteiger partial charge in [-0.2, -0.15) is 0 Å². The molecule has 0 aliphatic carbocycles. The molecule has 0 aromatic heterocycles. The summed E-state index contributed by atoms with van der Waals surface area (Å²) in [5.74, 6) is -1.09. The Hall–Kier alpha value is -4.15. The van der Waals surface area contributed by atoms with E-state index in [1.165, 1.54) is 0 Å². The Kier molecular flexibility index (Phi) is 7.98. The minimum absolute atomic E-state index is 0.0192. The van der Waals surface area contributed by atoms with Crippen LogP contribution in [0.3, 0.4) is 0 Å². The second-order valence-electron chi connectivity index (χ2n) is 11.2. The number of hydrogen-bond acceptors (Lipinski definition) is 7. The first kappa shape index (κ1) is 28.9. The third-order valence-corrected chi connectivity index (χ3v) is 8.81. The zero-order chi connectivity index (χ0) is 30.1. The maximum absolute atomic E-state index is 14.4. The van der Waals surface area contributed by atoms with Crippen LogP contribution in [0.4, 0.5) is 11.4 Å². The summed E-state index contributed by atoms with van der Waals surface area (Å²) in [6, 6.07) is 13.6. The predicted octanol–water partition coefficient (Wildman–Crippen LogP) is 2.95. The number of carbonyl (C=O) groups excluding carboxylic acids is 3. The second kappa shape index (κ2) is 11.9. The molecule has 10 nitrogen and oxygen atoms in total. The van der Waals surface area contributed by atoms with E-state index in [0.717, 1.165) is 0 Å². The van der Waals surface area contributed by atoms with E-state index in [2.05, 4.69) is 0 Å². The van der Waals surface area contributed by atoms with Crippen molar-refractivity contribution < 1.29 is 33.7 Å². The zero-order valence-corrected chi connectivity index (χ0v) is 24.4. The summed E-state index contributed by atoms with van der Waals surface area (Å²) in [5.41, 5.74) is 0.0504. The van der Waals surface area contributed by atoms with Gasteiger partial charge in [0.15, 0.2) is 0 Å². The Morgan fingerprint density at radius 1 is 0.884 bits per heavy atom. The number of unbranched alkanes of at least 4 members (excludes halogenated alkanes) is 1. The fourth-order valence-electron chi connectivity index (χ4n) is 6.89. The number of anilines is 2. The van der Waals surface area contributed by atoms with Crippen LogP contribution in [0.15, 0.2) is 72.8 Å². The van der Waals surface area contributed by atoms with Gasteiger partial charge in [-0.15, -0.1) is 0 Å². The highest BCUT2D eigenvalue weighted by atomic mass is 16.5. The minimum atomic E-state index is -1.31. The standard InChI is InChI=1S/C33H37N3O7/c1-3-42-25-15-11-22(12-16-25)34-19-6-8-26-27(30(34)38)28-31(39)36(18-4-5-21-37)29-32(40)35(20-7-17-33(28,29)43-26)23-9-13-24(41-2)14-10-23/h6-17,26-29,37H,3-5,18-21H2,1-2H3/t26-,27+,28+,29?,33+/m1/s1. The molecule has 226 valence electrons. The molecule has 4 heterocycles. The van der Waals surface area contributed by atoms with E-state index in [4.69, 9.17) is 14.2 Å². The van der Waals surface area contributed by atoms with E-state index in [1.54, 1.807) is 33.9 Å². The van der Waals surface area contributed by atoms with Crippen LogP contribution in [0, 0.1) is 11.8 Å². The minimum Gasteiger partial charge on any atom is -0.497 e. The van der Waals surface area contributed by atoms with Gasteiger partial charge in [-0.1, -0.05) is 24.3 Å². The first-order valence-electron chi connectivity index (χ1n) is 14.9. The molecule has 6 rings (SSSR count). The van der Waals surface area contributed by atoms with Crippen molar-refractivity contribution in [2.45, 2.75) is 37.5 Å². The van der Waals surface area contributed by atoms with Crippen LogP contribution in [0.5, 0.6) is 11.5 Å². The molecule has 1 unspecified atom stereocenters. The molecule has 1 spiro atoms. The predicted molar refractivity (Wildman–Crippen MR) is 160 cm³/mol. The van der Waals surface area contributed by atoms with Crippen molar-refractivity contribution in [2.24, 2.45) is 11.8 Å². The van der Waals surface area contributed by atoms with Crippen molar-refractivity contribution in [1.29, 1.82) is 0 Å². The number of rotatable bonds is 9. The van der Waals surface area contributed by atoms with Crippen molar-refractivity contribution in [3.05, 3.63) is 72.8 Å². The van der Waals surface area contributed by atoms with Gasteiger partial charge in [0.05, 0.1) is 31.7 Å². The number of fused-ring (bicyclic) bond motifs is 2. The van der Waals surface area contributed by atoms with E-state index in [1.807, 2.05) is 67.6 Å². The fraction of sp³-hybridized carbons (Fsp3) is 0.424. The lowest BCUT2D eigenvalue weighted by molar-refractivity contribution is -0.140. The van der Waals surface area contributed by atoms with Gasteiger partial charge in [-0.3, -0.25) is 14.4 Å². The number of amides is 3. The molecule has 2 aromatic carbocycles. The average Bonchev–Trinajstić information content (AvgIpc) is 3.33. The molecule has 0 saturated carbocycles. The molecule has 10 heteroatoms. The number of likely N-dealkylation sites (tertiary alicyclic amines) is 1. The van der Waals surface area contributed by atoms with Gasteiger partial charge in [0.1, 0.15) is 23.1 Å². The maximum atomic E-state index is 14.4. The number of hydrogen-bond donors (Lipinski definition) is 1. The smallest absolute Gasteiger partial charge is 0.253 e. The first-order valence-corrected chi connectivity index (χ1v) is 14.9. The van der Waals surface area contributed by atoms with E-state index in [-0.39, 0.29) is 37.4 Å². The summed E-state index contributed by atoms with van der Waals surface area (Å²) in [6.45, 7) is 3.32. The molecule has 2 fully saturated rings. The van der Waals surface area contributed by atoms with Gasteiger partial charge < -0.3 is 34.0 Å². The van der Waals surface area contributed by atoms with Gasteiger partial charge in [0.2, 0.25) is 11.8 Å². The van der Waals surface area contributed by atoms with Crippen LogP contribution in [0.1, 0.15) is 19.8 Å². The van der Waals surface area contributed by atoms with Gasteiger partial charge in [-0.25, -0.2) is 0 Å². The number of methoxy groups -OCH3 is 1. The maximum Gasteiger partial charge on any atom is 0.253 e. The molecule has 3 amide bonds. The summed E-state index contributed by atoms with van der Waals surface area (Å²) in [7, 11) is 1.58. The topological polar surface area (TPSA) is 109 Å². The lowest BCUT2D eigenvalue weighted by Gasteiger charge is -2.35. The molecule has 1 N–H and O–H groups in total. The van der Waals surface area contributed by atoms with Crippen LogP contribution in [0.25, 0.3) is 0 Å². The lowest BCUT2D eigenvalue weighted by atomic mass is 9.77. The van der Waals surface area contributed by atoms with Crippen LogP contribution in [-0.2, 0) is 19.1 Å². The number of carbonyl (C=O) groups is 3. The van der Waals surface area contributed by atoms with Gasteiger partial charge in [0, 0.05) is 37.6 Å². The van der Waals surface area contributed by atoms with E-state index in [9.17, 15) is 19.5 Å². The van der Waals surface area contributed by atoms with Gasteiger partial charge in [-0.05, 0) is 68.3 Å². The zero-order valence-electron chi connectivity index (χ0n) is 24.4. The molecule has 2 saturated heterocycles. The van der Waals surface area contributed by atoms with Gasteiger partial charge >= 0.3 is 0 Å². The molecule has 43 heavy (non-hydrogen) atoms. The van der Waals surface area contributed by atoms with Crippen molar-refractivity contribution >= 4 is 29.1 Å². The van der Waals surface area contributed by atoms with Gasteiger partial charge in [0.25, 0.3) is 5.91 Å². The molecular formula is C33H37N3O7. The average molecular weight is 588 g/mol. The Labute approximate surface area is 251 Å². The highest BCUT2D eigenvalue weighted by Gasteiger charge is 2.71. The number of aliphatic hydroxyl groups is 1. The summed E-state index contributed by atoms with van der Waals surface area (Å²) >= 11 is 0. The lowest BCUT2D eigenvalue weighted by Crippen LogP contribution is -2.55. The summed E-state index contributed by atoms with van der Waals surface area (Å²) < 4.78 is 17.6. The van der Waals surface area contributed by atoms with Crippen molar-refractivity contribution in [2.75, 3.05) is 49.8 Å². The Bertz CT molecular complexity index is 1420. The number of nitrogens with zero attached hydrogens (tertiary/aromatic N) is 3. The normalized spacial score (nSPS) is 28.0. The summed E-state index contributed by atoms with van der Waals surface area (Å²) in [6.07, 6.45) is 7.78. The number of aliphatic hydroxyl groups excluding tert-OH is 1. The Morgan fingerprint density at radius 2 is 1.53 bits per heavy atom. The number of benzene rings is 2.